The maximum absolute atomic E-state index is 13.0. The van der Waals surface area contributed by atoms with Crippen molar-refractivity contribution in [2.24, 2.45) is 0 Å². The van der Waals surface area contributed by atoms with Crippen molar-refractivity contribution in [3.8, 4) is 0 Å². The van der Waals surface area contributed by atoms with Gasteiger partial charge >= 0.3 is 0 Å². The number of piperazine rings is 1. The van der Waals surface area contributed by atoms with Crippen LogP contribution in [-0.4, -0.2) is 51.3 Å². The molecule has 0 bridgehead atoms. The summed E-state index contributed by atoms with van der Waals surface area (Å²) >= 11 is 1.32. The molecule has 1 aliphatic rings. The first kappa shape index (κ1) is 21.6. The van der Waals surface area contributed by atoms with Crippen LogP contribution in [0.3, 0.4) is 0 Å². The normalized spacial score (nSPS) is 14.2. The number of halogens is 1. The van der Waals surface area contributed by atoms with Gasteiger partial charge in [-0.05, 0) is 41.5 Å². The predicted molar refractivity (Wildman–Crippen MR) is 120 cm³/mol. The van der Waals surface area contributed by atoms with Crippen LogP contribution in [0.15, 0.2) is 54.6 Å². The second-order valence-electron chi connectivity index (χ2n) is 7.29. The van der Waals surface area contributed by atoms with Crippen LogP contribution in [0.4, 0.5) is 15.2 Å². The zero-order valence-corrected chi connectivity index (χ0v) is 17.9. The van der Waals surface area contributed by atoms with E-state index < -0.39 is 4.92 Å². The number of rotatable bonds is 6. The Labute approximate surface area is 187 Å². The number of hydrogen-bond donors (Lipinski definition) is 0. The monoisotopic (exact) mass is 453 g/mol. The lowest BCUT2D eigenvalue weighted by Crippen LogP contribution is -2.48. The molecule has 1 aliphatic heterocycles. The molecule has 0 aliphatic carbocycles. The zero-order chi connectivity index (χ0) is 22.5. The quantitative estimate of drug-likeness (QED) is 0.322. The molecule has 8 nitrogen and oxygen atoms in total. The van der Waals surface area contributed by atoms with E-state index in [1.807, 2.05) is 0 Å². The average Bonchev–Trinajstić information content (AvgIpc) is 3.28. The van der Waals surface area contributed by atoms with Gasteiger partial charge in [0.25, 0.3) is 5.69 Å². The minimum Gasteiger partial charge on any atom is -0.343 e. The van der Waals surface area contributed by atoms with Crippen molar-refractivity contribution in [1.82, 2.24) is 14.3 Å². The first-order valence-corrected chi connectivity index (χ1v) is 10.8. The predicted octanol–water partition coefficient (Wildman–Crippen LogP) is 3.54. The van der Waals surface area contributed by atoms with Crippen molar-refractivity contribution in [2.45, 2.75) is 6.42 Å². The van der Waals surface area contributed by atoms with Crippen molar-refractivity contribution in [2.75, 3.05) is 31.1 Å². The second kappa shape index (κ2) is 9.65. The Morgan fingerprint density at radius 2 is 1.78 bits per heavy atom. The van der Waals surface area contributed by atoms with E-state index in [4.69, 9.17) is 0 Å². The van der Waals surface area contributed by atoms with Gasteiger partial charge in [-0.3, -0.25) is 14.9 Å². The molecule has 1 aromatic heterocycles. The van der Waals surface area contributed by atoms with Gasteiger partial charge in [-0.1, -0.05) is 12.1 Å². The van der Waals surface area contributed by atoms with Crippen LogP contribution in [0, 0.1) is 15.9 Å². The van der Waals surface area contributed by atoms with Crippen molar-refractivity contribution in [3.05, 3.63) is 87.5 Å². The number of non-ortho nitro benzene ring substituents is 1. The number of hydrogen-bond acceptors (Lipinski definition) is 7. The van der Waals surface area contributed by atoms with Gasteiger partial charge in [0, 0.05) is 62.3 Å². The molecule has 2 aromatic carbocycles. The summed E-state index contributed by atoms with van der Waals surface area (Å²) < 4.78 is 17.5. The number of benzene rings is 2. The zero-order valence-electron chi connectivity index (χ0n) is 17.1. The summed E-state index contributed by atoms with van der Waals surface area (Å²) in [5, 5.41) is 11.5. The smallest absolute Gasteiger partial charge is 0.269 e. The van der Waals surface area contributed by atoms with Crippen LogP contribution in [0.2, 0.25) is 0 Å². The number of anilines is 1. The van der Waals surface area contributed by atoms with Crippen LogP contribution in [0.1, 0.15) is 17.0 Å². The number of nitrogens with zero attached hydrogens (tertiary/aromatic N) is 5. The fourth-order valence-electron chi connectivity index (χ4n) is 3.33. The maximum atomic E-state index is 13.0. The van der Waals surface area contributed by atoms with Gasteiger partial charge in [0.15, 0.2) is 0 Å². The van der Waals surface area contributed by atoms with E-state index >= 15 is 0 Å². The Kier molecular flexibility index (Phi) is 6.50. The minimum absolute atomic E-state index is 0.0158. The van der Waals surface area contributed by atoms with Crippen LogP contribution in [-0.2, 0) is 11.2 Å². The molecule has 3 aromatic rings. The Bertz CT molecular complexity index is 1120. The number of aromatic nitrogens is 2. The third-order valence-electron chi connectivity index (χ3n) is 5.12. The SMILES string of the molecule is O=C(/C=C/c1ccc([N+](=O)[O-])cc1)N1CCN(c2nc(Cc3ccc(F)cc3)ns2)CC1. The highest BCUT2D eigenvalue weighted by molar-refractivity contribution is 7.09. The first-order valence-electron chi connectivity index (χ1n) is 10.0. The van der Waals surface area contributed by atoms with Crippen LogP contribution >= 0.6 is 11.5 Å². The lowest BCUT2D eigenvalue weighted by atomic mass is 10.1. The van der Waals surface area contributed by atoms with Gasteiger partial charge in [0.2, 0.25) is 11.0 Å². The molecular formula is C22H20FN5O3S. The van der Waals surface area contributed by atoms with Gasteiger partial charge < -0.3 is 9.80 Å². The Morgan fingerprint density at radius 3 is 2.44 bits per heavy atom. The lowest BCUT2D eigenvalue weighted by molar-refractivity contribution is -0.384. The highest BCUT2D eigenvalue weighted by Crippen LogP contribution is 2.21. The van der Waals surface area contributed by atoms with Crippen molar-refractivity contribution < 1.29 is 14.1 Å². The van der Waals surface area contributed by atoms with Crippen LogP contribution in [0.5, 0.6) is 0 Å². The average molecular weight is 453 g/mol. The van der Waals surface area contributed by atoms with E-state index in [9.17, 15) is 19.3 Å². The van der Waals surface area contributed by atoms with E-state index in [2.05, 4.69) is 14.3 Å². The van der Waals surface area contributed by atoms with Crippen molar-refractivity contribution >= 4 is 34.3 Å². The highest BCUT2D eigenvalue weighted by atomic mass is 32.1. The van der Waals surface area contributed by atoms with Crippen molar-refractivity contribution in [3.63, 3.8) is 0 Å². The molecule has 1 saturated heterocycles. The molecule has 164 valence electrons. The molecule has 4 rings (SSSR count). The molecule has 10 heteroatoms. The molecule has 1 amide bonds. The first-order chi connectivity index (χ1) is 15.5. The van der Waals surface area contributed by atoms with Crippen molar-refractivity contribution in [1.29, 1.82) is 0 Å². The Hall–Kier alpha value is -3.66. The van der Waals surface area contributed by atoms with Gasteiger partial charge in [-0.25, -0.2) is 9.37 Å². The Morgan fingerprint density at radius 1 is 1.09 bits per heavy atom. The molecule has 32 heavy (non-hydrogen) atoms. The van der Waals surface area contributed by atoms with Gasteiger partial charge in [0.05, 0.1) is 4.92 Å². The van der Waals surface area contributed by atoms with Crippen LogP contribution in [0.25, 0.3) is 6.08 Å². The Balaban J connectivity index is 1.29. The minimum atomic E-state index is -0.456. The van der Waals surface area contributed by atoms with Gasteiger partial charge in [-0.2, -0.15) is 4.37 Å². The number of carbonyl (C=O) groups is 1. The molecule has 0 spiro atoms. The second-order valence-corrected chi connectivity index (χ2v) is 8.02. The fraction of sp³-hybridized carbons (Fsp3) is 0.227. The summed E-state index contributed by atoms with van der Waals surface area (Å²) in [5.74, 6) is 0.328. The third kappa shape index (κ3) is 5.33. The van der Waals surface area contributed by atoms with E-state index in [1.165, 1.54) is 41.9 Å². The standard InChI is InChI=1S/C22H20FN5O3S/c23-18-6-1-17(2-7-18)15-20-24-22(32-25-20)27-13-11-26(12-14-27)21(29)10-5-16-3-8-19(9-4-16)28(30)31/h1-10H,11-15H2/b10-5+. The van der Waals surface area contributed by atoms with E-state index in [-0.39, 0.29) is 17.4 Å². The number of nitro benzene ring substituents is 1. The summed E-state index contributed by atoms with van der Waals surface area (Å²) in [6.45, 7) is 2.44. The summed E-state index contributed by atoms with van der Waals surface area (Å²) in [6.07, 6.45) is 3.69. The highest BCUT2D eigenvalue weighted by Gasteiger charge is 2.22. The van der Waals surface area contributed by atoms with E-state index in [1.54, 1.807) is 35.2 Å². The number of nitro groups is 1. The number of carbonyl (C=O) groups excluding carboxylic acids is 1. The van der Waals surface area contributed by atoms with Crippen LogP contribution < -0.4 is 4.90 Å². The summed E-state index contributed by atoms with van der Waals surface area (Å²) in [5.41, 5.74) is 1.69. The molecule has 1 fully saturated rings. The maximum Gasteiger partial charge on any atom is 0.269 e. The molecule has 0 atom stereocenters. The number of amides is 1. The summed E-state index contributed by atoms with van der Waals surface area (Å²) in [4.78, 5) is 31.2. The third-order valence-corrected chi connectivity index (χ3v) is 5.93. The van der Waals surface area contributed by atoms with Gasteiger partial charge in [0.1, 0.15) is 11.6 Å². The molecule has 2 heterocycles. The topological polar surface area (TPSA) is 92.5 Å². The molecule has 0 saturated carbocycles. The molecular weight excluding hydrogens is 433 g/mol. The van der Waals surface area contributed by atoms with Gasteiger partial charge in [-0.15, -0.1) is 0 Å². The summed E-state index contributed by atoms with van der Waals surface area (Å²) in [6, 6.07) is 12.3. The summed E-state index contributed by atoms with van der Waals surface area (Å²) in [7, 11) is 0. The largest absolute Gasteiger partial charge is 0.343 e. The molecule has 0 radical (unpaired) electrons. The molecule has 0 unspecified atom stereocenters. The van der Waals surface area contributed by atoms with E-state index in [0.29, 0.717) is 38.4 Å². The molecule has 0 N–H and O–H groups in total. The van der Waals surface area contributed by atoms with E-state index in [0.717, 1.165) is 16.3 Å². The lowest BCUT2D eigenvalue weighted by Gasteiger charge is -2.33. The fourth-order valence-corrected chi connectivity index (χ4v) is 4.06.